The van der Waals surface area contributed by atoms with Crippen molar-refractivity contribution in [1.29, 1.82) is 0 Å². The summed E-state index contributed by atoms with van der Waals surface area (Å²) in [4.78, 5) is 6.86. The molecule has 1 aliphatic heterocycles. The predicted molar refractivity (Wildman–Crippen MR) is 105 cm³/mol. The van der Waals surface area contributed by atoms with E-state index >= 15 is 0 Å². The molecule has 1 aliphatic rings. The van der Waals surface area contributed by atoms with Crippen LogP contribution in [0.4, 0.5) is 0 Å². The molecule has 0 aliphatic carbocycles. The van der Waals surface area contributed by atoms with Crippen LogP contribution in [0, 0.1) is 0 Å². The molecule has 1 saturated heterocycles. The van der Waals surface area contributed by atoms with Crippen molar-refractivity contribution in [2.75, 3.05) is 39.9 Å². The van der Waals surface area contributed by atoms with E-state index in [-0.39, 0.29) is 24.0 Å². The van der Waals surface area contributed by atoms with Gasteiger partial charge in [-0.2, -0.15) is 0 Å². The van der Waals surface area contributed by atoms with Crippen molar-refractivity contribution >= 4 is 29.9 Å². The van der Waals surface area contributed by atoms with E-state index in [2.05, 4.69) is 34.4 Å². The zero-order chi connectivity index (χ0) is 15.5. The Bertz CT molecular complexity index is 292. The number of halogens is 1. The maximum Gasteiger partial charge on any atom is 0.191 e. The summed E-state index contributed by atoms with van der Waals surface area (Å²) >= 11 is 0. The minimum absolute atomic E-state index is 0. The first kappa shape index (κ1) is 21.9. The van der Waals surface area contributed by atoms with E-state index in [9.17, 15) is 0 Å². The fourth-order valence-corrected chi connectivity index (χ4v) is 2.63. The van der Waals surface area contributed by atoms with Crippen molar-refractivity contribution in [2.45, 2.75) is 58.5 Å². The van der Waals surface area contributed by atoms with Crippen LogP contribution in [0.1, 0.15) is 46.5 Å². The highest BCUT2D eigenvalue weighted by atomic mass is 127. The lowest BCUT2D eigenvalue weighted by molar-refractivity contribution is 0.143. The van der Waals surface area contributed by atoms with Crippen LogP contribution in [0.5, 0.6) is 0 Å². The fraction of sp³-hybridized carbons (Fsp3) is 0.938. The molecular weight excluding hydrogens is 391 g/mol. The SMILES string of the molecule is CCOCCCCNC(=NC)NC1CCN(C(C)C)CC1.I. The largest absolute Gasteiger partial charge is 0.382 e. The first-order valence-electron chi connectivity index (χ1n) is 8.46. The maximum absolute atomic E-state index is 5.34. The lowest BCUT2D eigenvalue weighted by Crippen LogP contribution is -2.49. The molecule has 0 radical (unpaired) electrons. The number of hydrogen-bond donors (Lipinski definition) is 2. The number of rotatable bonds is 8. The van der Waals surface area contributed by atoms with Gasteiger partial charge in [0.25, 0.3) is 0 Å². The van der Waals surface area contributed by atoms with E-state index in [0.717, 1.165) is 38.6 Å². The van der Waals surface area contributed by atoms with E-state index in [0.29, 0.717) is 12.1 Å². The van der Waals surface area contributed by atoms with Gasteiger partial charge in [0, 0.05) is 52.0 Å². The summed E-state index contributed by atoms with van der Waals surface area (Å²) in [5.74, 6) is 0.939. The third-order valence-electron chi connectivity index (χ3n) is 4.04. The molecule has 132 valence electrons. The van der Waals surface area contributed by atoms with E-state index < -0.39 is 0 Å². The van der Waals surface area contributed by atoms with Crippen molar-refractivity contribution < 1.29 is 4.74 Å². The van der Waals surface area contributed by atoms with Gasteiger partial charge >= 0.3 is 0 Å². The average Bonchev–Trinajstić information content (AvgIpc) is 2.50. The Hall–Kier alpha value is -0.0800. The van der Waals surface area contributed by atoms with E-state index in [1.165, 1.54) is 25.9 Å². The number of guanidine groups is 1. The number of unbranched alkanes of at least 4 members (excludes halogenated alkanes) is 1. The molecule has 1 fully saturated rings. The monoisotopic (exact) mass is 426 g/mol. The second kappa shape index (κ2) is 13.4. The molecule has 0 aromatic heterocycles. The zero-order valence-electron chi connectivity index (χ0n) is 14.7. The van der Waals surface area contributed by atoms with Gasteiger partial charge in [0.1, 0.15) is 0 Å². The third-order valence-corrected chi connectivity index (χ3v) is 4.04. The van der Waals surface area contributed by atoms with Gasteiger partial charge in [-0.25, -0.2) is 0 Å². The summed E-state index contributed by atoms with van der Waals surface area (Å²) in [6, 6.07) is 1.21. The van der Waals surface area contributed by atoms with Gasteiger partial charge in [0.05, 0.1) is 0 Å². The fourth-order valence-electron chi connectivity index (χ4n) is 2.63. The quantitative estimate of drug-likeness (QED) is 0.271. The Kier molecular flexibility index (Phi) is 13.3. The molecule has 22 heavy (non-hydrogen) atoms. The first-order chi connectivity index (χ1) is 10.2. The summed E-state index contributed by atoms with van der Waals surface area (Å²) in [6.45, 7) is 11.6. The van der Waals surface area contributed by atoms with E-state index in [4.69, 9.17) is 4.74 Å². The molecule has 6 heteroatoms. The summed E-state index contributed by atoms with van der Waals surface area (Å²) in [6.07, 6.45) is 4.61. The van der Waals surface area contributed by atoms with Crippen molar-refractivity contribution in [3.8, 4) is 0 Å². The van der Waals surface area contributed by atoms with Crippen LogP contribution in [-0.2, 0) is 4.74 Å². The standard InChI is InChI=1S/C16H34N4O.HI/c1-5-21-13-7-6-10-18-16(17-4)19-15-8-11-20(12-9-15)14(2)3;/h14-15H,5-13H2,1-4H3,(H2,17,18,19);1H. The van der Waals surface area contributed by atoms with Crippen LogP contribution >= 0.6 is 24.0 Å². The molecule has 0 unspecified atom stereocenters. The normalized spacial score (nSPS) is 17.4. The maximum atomic E-state index is 5.34. The van der Waals surface area contributed by atoms with Gasteiger partial charge in [0.2, 0.25) is 0 Å². The Morgan fingerprint density at radius 2 is 1.95 bits per heavy atom. The zero-order valence-corrected chi connectivity index (χ0v) is 17.1. The Balaban J connectivity index is 0.00000441. The topological polar surface area (TPSA) is 48.9 Å². The second-order valence-corrected chi connectivity index (χ2v) is 5.95. The number of aliphatic imine (C=N–C) groups is 1. The van der Waals surface area contributed by atoms with Crippen molar-refractivity contribution in [3.63, 3.8) is 0 Å². The lowest BCUT2D eigenvalue weighted by atomic mass is 10.0. The molecule has 1 rings (SSSR count). The van der Waals surface area contributed by atoms with E-state index in [1.807, 2.05) is 14.0 Å². The van der Waals surface area contributed by atoms with Crippen LogP contribution in [0.15, 0.2) is 4.99 Å². The van der Waals surface area contributed by atoms with Crippen molar-refractivity contribution in [3.05, 3.63) is 0 Å². The Morgan fingerprint density at radius 1 is 1.27 bits per heavy atom. The van der Waals surface area contributed by atoms with Crippen LogP contribution in [0.25, 0.3) is 0 Å². The summed E-state index contributed by atoms with van der Waals surface area (Å²) in [5.41, 5.74) is 0. The van der Waals surface area contributed by atoms with Crippen LogP contribution in [0.3, 0.4) is 0 Å². The van der Waals surface area contributed by atoms with E-state index in [1.54, 1.807) is 0 Å². The summed E-state index contributed by atoms with van der Waals surface area (Å²) < 4.78 is 5.34. The molecule has 5 nitrogen and oxygen atoms in total. The Labute approximate surface area is 153 Å². The van der Waals surface area contributed by atoms with Gasteiger partial charge in [-0.3, -0.25) is 4.99 Å². The molecule has 0 bridgehead atoms. The van der Waals surface area contributed by atoms with Gasteiger partial charge in [0.15, 0.2) is 5.96 Å². The number of ether oxygens (including phenoxy) is 1. The number of hydrogen-bond acceptors (Lipinski definition) is 3. The molecule has 0 spiro atoms. The minimum Gasteiger partial charge on any atom is -0.382 e. The number of nitrogens with one attached hydrogen (secondary N) is 2. The van der Waals surface area contributed by atoms with Crippen LogP contribution in [-0.4, -0.2) is 62.8 Å². The van der Waals surface area contributed by atoms with Gasteiger partial charge in [-0.05, 0) is 46.5 Å². The molecule has 0 amide bonds. The van der Waals surface area contributed by atoms with Gasteiger partial charge < -0.3 is 20.3 Å². The second-order valence-electron chi connectivity index (χ2n) is 5.95. The predicted octanol–water partition coefficient (Wildman–Crippen LogP) is 2.46. The van der Waals surface area contributed by atoms with Gasteiger partial charge in [-0.1, -0.05) is 0 Å². The first-order valence-corrected chi connectivity index (χ1v) is 8.46. The smallest absolute Gasteiger partial charge is 0.191 e. The highest BCUT2D eigenvalue weighted by Gasteiger charge is 2.21. The van der Waals surface area contributed by atoms with Crippen molar-refractivity contribution in [2.24, 2.45) is 4.99 Å². The van der Waals surface area contributed by atoms with Crippen molar-refractivity contribution in [1.82, 2.24) is 15.5 Å². The third kappa shape index (κ3) is 9.15. The summed E-state index contributed by atoms with van der Waals surface area (Å²) in [7, 11) is 1.85. The molecule has 0 atom stereocenters. The number of nitrogens with zero attached hydrogens (tertiary/aromatic N) is 2. The minimum atomic E-state index is 0. The van der Waals surface area contributed by atoms with Gasteiger partial charge in [-0.15, -0.1) is 24.0 Å². The average molecular weight is 426 g/mol. The lowest BCUT2D eigenvalue weighted by Gasteiger charge is -2.35. The molecule has 2 N–H and O–H groups in total. The highest BCUT2D eigenvalue weighted by molar-refractivity contribution is 14.0. The summed E-state index contributed by atoms with van der Waals surface area (Å²) in [5, 5.41) is 6.95. The number of piperidine rings is 1. The molecule has 0 saturated carbocycles. The molecule has 0 aromatic rings. The number of likely N-dealkylation sites (tertiary alicyclic amines) is 1. The Morgan fingerprint density at radius 3 is 2.50 bits per heavy atom. The highest BCUT2D eigenvalue weighted by Crippen LogP contribution is 2.12. The molecule has 0 aromatic carbocycles. The molecular formula is C16H35IN4O. The molecule has 1 heterocycles. The van der Waals surface area contributed by atoms with Crippen LogP contribution < -0.4 is 10.6 Å². The van der Waals surface area contributed by atoms with Crippen LogP contribution in [0.2, 0.25) is 0 Å².